The van der Waals surface area contributed by atoms with E-state index < -0.39 is 17.9 Å². The van der Waals surface area contributed by atoms with Crippen molar-refractivity contribution in [2.24, 2.45) is 0 Å². The van der Waals surface area contributed by atoms with E-state index in [1.165, 1.54) is 0 Å². The van der Waals surface area contributed by atoms with Crippen LogP contribution >= 0.6 is 0 Å². The maximum Gasteiger partial charge on any atom is 0.303 e. The Balaban J connectivity index is 0.000000472. The fraction of sp³-hybridized carbons (Fsp3) is 0.333. The summed E-state index contributed by atoms with van der Waals surface area (Å²) < 4.78 is 0. The summed E-state index contributed by atoms with van der Waals surface area (Å²) in [4.78, 5) is 40.9. The number of carbonyl (C=O) groups is 4. The lowest BCUT2D eigenvalue weighted by atomic mass is 10.1. The van der Waals surface area contributed by atoms with E-state index in [1.54, 1.807) is 12.1 Å². The Morgan fingerprint density at radius 3 is 1.45 bits per heavy atom. The lowest BCUT2D eigenvalue weighted by molar-refractivity contribution is -0.143. The molecule has 0 aliphatic carbocycles. The van der Waals surface area contributed by atoms with E-state index in [2.05, 4.69) is 0 Å². The zero-order chi connectivity index (χ0) is 17.1. The first kappa shape index (κ1) is 19.3. The van der Waals surface area contributed by atoms with Gasteiger partial charge < -0.3 is 15.3 Å². The van der Waals surface area contributed by atoms with Gasteiger partial charge in [0.15, 0.2) is 5.78 Å². The molecule has 0 fully saturated rings. The number of rotatable bonds is 7. The molecule has 0 aliphatic heterocycles. The van der Waals surface area contributed by atoms with E-state index in [1.807, 2.05) is 19.1 Å². The summed E-state index contributed by atoms with van der Waals surface area (Å²) in [5, 5.41) is 24.2. The Morgan fingerprint density at radius 2 is 1.09 bits per heavy atom. The molecular weight excluding hydrogens is 292 g/mol. The minimum Gasteiger partial charge on any atom is -0.481 e. The van der Waals surface area contributed by atoms with Gasteiger partial charge >= 0.3 is 17.9 Å². The van der Waals surface area contributed by atoms with Crippen LogP contribution in [0, 0.1) is 6.92 Å². The van der Waals surface area contributed by atoms with Crippen LogP contribution in [0.25, 0.3) is 0 Å². The highest BCUT2D eigenvalue weighted by atomic mass is 16.4. The topological polar surface area (TPSA) is 129 Å². The van der Waals surface area contributed by atoms with Gasteiger partial charge in [-0.1, -0.05) is 29.8 Å². The molecule has 0 aliphatic rings. The Morgan fingerprint density at radius 1 is 0.727 bits per heavy atom. The summed E-state index contributed by atoms with van der Waals surface area (Å²) in [7, 11) is 0. The molecule has 0 bridgehead atoms. The minimum atomic E-state index is -1.08. The fourth-order valence-corrected chi connectivity index (χ4v) is 1.32. The minimum absolute atomic E-state index is 0.0679. The van der Waals surface area contributed by atoms with Crippen molar-refractivity contribution >= 4 is 23.7 Å². The molecule has 0 spiro atoms. The van der Waals surface area contributed by atoms with Crippen molar-refractivity contribution in [1.29, 1.82) is 0 Å². The summed E-state index contributed by atoms with van der Waals surface area (Å²) in [6.45, 7) is 1.94. The maximum atomic E-state index is 11.4. The second kappa shape index (κ2) is 10.1. The van der Waals surface area contributed by atoms with Crippen molar-refractivity contribution in [3.63, 3.8) is 0 Å². The molecule has 0 amide bonds. The van der Waals surface area contributed by atoms with Crippen LogP contribution in [-0.2, 0) is 14.4 Å². The van der Waals surface area contributed by atoms with Gasteiger partial charge in [-0.05, 0) is 6.92 Å². The van der Waals surface area contributed by atoms with E-state index in [0.29, 0.717) is 5.56 Å². The quantitative estimate of drug-likeness (QED) is 0.656. The molecule has 120 valence electrons. The zero-order valence-electron chi connectivity index (χ0n) is 12.1. The van der Waals surface area contributed by atoms with Gasteiger partial charge in [0.1, 0.15) is 0 Å². The molecule has 1 rings (SSSR count). The largest absolute Gasteiger partial charge is 0.481 e. The molecule has 1 aromatic rings. The normalized spacial score (nSPS) is 9.32. The van der Waals surface area contributed by atoms with Crippen molar-refractivity contribution in [2.75, 3.05) is 0 Å². The van der Waals surface area contributed by atoms with Gasteiger partial charge in [-0.25, -0.2) is 0 Å². The SMILES string of the molecule is Cc1ccc(C(=O)CCC(=O)O)cc1.O=C(O)CCC(=O)O. The smallest absolute Gasteiger partial charge is 0.303 e. The second-order valence-electron chi connectivity index (χ2n) is 4.47. The number of Topliss-reactive ketones (excluding diaryl/α,β-unsaturated/α-hetero) is 1. The first-order valence-corrected chi connectivity index (χ1v) is 6.47. The number of carbonyl (C=O) groups excluding carboxylic acids is 1. The molecular formula is C15H18O7. The molecule has 0 unspecified atom stereocenters. The number of aliphatic carboxylic acids is 3. The maximum absolute atomic E-state index is 11.4. The van der Waals surface area contributed by atoms with Gasteiger partial charge in [0, 0.05) is 12.0 Å². The summed E-state index contributed by atoms with van der Waals surface area (Å²) in [5.41, 5.74) is 1.66. The van der Waals surface area contributed by atoms with Crippen molar-refractivity contribution in [3.05, 3.63) is 35.4 Å². The van der Waals surface area contributed by atoms with Gasteiger partial charge in [0.2, 0.25) is 0 Å². The summed E-state index contributed by atoms with van der Waals surface area (Å²) >= 11 is 0. The predicted molar refractivity (Wildman–Crippen MR) is 76.9 cm³/mol. The number of aryl methyl sites for hydroxylation is 1. The molecule has 0 heterocycles. The molecule has 0 radical (unpaired) electrons. The van der Waals surface area contributed by atoms with Crippen LogP contribution in [0.1, 0.15) is 41.6 Å². The molecule has 0 saturated carbocycles. The third kappa shape index (κ3) is 10.1. The Hall–Kier alpha value is -2.70. The van der Waals surface area contributed by atoms with E-state index in [-0.39, 0.29) is 31.5 Å². The number of benzene rings is 1. The van der Waals surface area contributed by atoms with Crippen LogP contribution in [0.3, 0.4) is 0 Å². The average Bonchev–Trinajstić information content (AvgIpc) is 2.44. The van der Waals surface area contributed by atoms with Crippen molar-refractivity contribution < 1.29 is 34.5 Å². The van der Waals surface area contributed by atoms with Crippen LogP contribution in [-0.4, -0.2) is 39.0 Å². The second-order valence-corrected chi connectivity index (χ2v) is 4.47. The highest BCUT2D eigenvalue weighted by molar-refractivity contribution is 5.97. The molecule has 3 N–H and O–H groups in total. The van der Waals surface area contributed by atoms with Gasteiger partial charge in [-0.15, -0.1) is 0 Å². The lowest BCUT2D eigenvalue weighted by Gasteiger charge is -1.99. The number of ketones is 1. The molecule has 0 saturated heterocycles. The first-order chi connectivity index (χ1) is 10.2. The van der Waals surface area contributed by atoms with Gasteiger partial charge in [-0.3, -0.25) is 19.2 Å². The summed E-state index contributed by atoms with van der Waals surface area (Å²) in [6.07, 6.45) is -0.629. The molecule has 0 aromatic heterocycles. The van der Waals surface area contributed by atoms with E-state index >= 15 is 0 Å². The van der Waals surface area contributed by atoms with Crippen LogP contribution in [0.4, 0.5) is 0 Å². The highest BCUT2D eigenvalue weighted by Crippen LogP contribution is 2.07. The van der Waals surface area contributed by atoms with Crippen molar-refractivity contribution in [2.45, 2.75) is 32.6 Å². The summed E-state index contributed by atoms with van der Waals surface area (Å²) in [6, 6.07) is 7.13. The average molecular weight is 310 g/mol. The Kier molecular flexibility index (Phi) is 8.85. The predicted octanol–water partition coefficient (Wildman–Crippen LogP) is 1.98. The number of hydrogen-bond donors (Lipinski definition) is 3. The van der Waals surface area contributed by atoms with Gasteiger partial charge in [-0.2, -0.15) is 0 Å². The fourth-order valence-electron chi connectivity index (χ4n) is 1.32. The van der Waals surface area contributed by atoms with Crippen LogP contribution < -0.4 is 0 Å². The molecule has 7 heteroatoms. The van der Waals surface area contributed by atoms with Crippen LogP contribution in [0.15, 0.2) is 24.3 Å². The Bertz CT molecular complexity index is 517. The lowest BCUT2D eigenvalue weighted by Crippen LogP contribution is -2.03. The molecule has 22 heavy (non-hydrogen) atoms. The molecule has 1 aromatic carbocycles. The molecule has 0 atom stereocenters. The highest BCUT2D eigenvalue weighted by Gasteiger charge is 2.07. The Labute approximate surface area is 127 Å². The zero-order valence-corrected chi connectivity index (χ0v) is 12.1. The summed E-state index contributed by atoms with van der Waals surface area (Å²) in [5.74, 6) is -3.21. The van der Waals surface area contributed by atoms with Gasteiger partial charge in [0.25, 0.3) is 0 Å². The van der Waals surface area contributed by atoms with Crippen LogP contribution in [0.5, 0.6) is 0 Å². The van der Waals surface area contributed by atoms with Crippen LogP contribution in [0.2, 0.25) is 0 Å². The van der Waals surface area contributed by atoms with E-state index in [9.17, 15) is 19.2 Å². The van der Waals surface area contributed by atoms with Crippen molar-refractivity contribution in [3.8, 4) is 0 Å². The number of carboxylic acid groups (broad SMARTS) is 3. The molecule has 7 nitrogen and oxygen atoms in total. The van der Waals surface area contributed by atoms with E-state index in [0.717, 1.165) is 5.56 Å². The monoisotopic (exact) mass is 310 g/mol. The van der Waals surface area contributed by atoms with Gasteiger partial charge in [0.05, 0.1) is 19.3 Å². The third-order valence-corrected chi connectivity index (χ3v) is 2.49. The number of carboxylic acids is 3. The standard InChI is InChI=1S/C11H12O3.C4H6O4/c1-8-2-4-9(5-3-8)10(12)6-7-11(13)14;5-3(6)1-2-4(7)8/h2-5H,6-7H2,1H3,(H,13,14);1-2H2,(H,5,6)(H,7,8). The first-order valence-electron chi connectivity index (χ1n) is 6.47. The van der Waals surface area contributed by atoms with Crippen molar-refractivity contribution in [1.82, 2.24) is 0 Å². The number of hydrogen-bond acceptors (Lipinski definition) is 4. The van der Waals surface area contributed by atoms with E-state index in [4.69, 9.17) is 15.3 Å². The third-order valence-electron chi connectivity index (χ3n) is 2.49.